The van der Waals surface area contributed by atoms with Crippen molar-refractivity contribution < 1.29 is 25.6 Å². The van der Waals surface area contributed by atoms with Gasteiger partial charge in [-0.05, 0) is 86.5 Å². The second-order valence-electron chi connectivity index (χ2n) is 13.0. The van der Waals surface area contributed by atoms with Gasteiger partial charge >= 0.3 is 0 Å². The molecule has 304 valence electrons. The van der Waals surface area contributed by atoms with E-state index in [9.17, 15) is 25.6 Å². The highest BCUT2D eigenvalue weighted by atomic mass is 79.9. The maximum atomic E-state index is 13.5. The van der Waals surface area contributed by atoms with E-state index in [-0.39, 0.29) is 4.90 Å². The topological polar surface area (TPSA) is 107 Å². The third-order valence-corrected chi connectivity index (χ3v) is 17.3. The Morgan fingerprint density at radius 3 is 1.33 bits per heavy atom. The van der Waals surface area contributed by atoms with Crippen molar-refractivity contribution in [2.75, 3.05) is 62.2 Å². The van der Waals surface area contributed by atoms with E-state index >= 15 is 0 Å². The third-order valence-electron chi connectivity index (χ3n) is 9.23. The highest BCUT2D eigenvalue weighted by Crippen LogP contribution is 2.34. The van der Waals surface area contributed by atoms with Crippen LogP contribution in [0, 0.1) is 11.6 Å². The Morgan fingerprint density at radius 2 is 0.931 bits per heavy atom. The van der Waals surface area contributed by atoms with Crippen molar-refractivity contribution in [3.8, 4) is 22.5 Å². The lowest BCUT2D eigenvalue weighted by Crippen LogP contribution is -2.48. The number of anilines is 2. The molecule has 8 rings (SSSR count). The Bertz CT molecular complexity index is 2440. The van der Waals surface area contributed by atoms with Crippen LogP contribution in [0.25, 0.3) is 22.5 Å². The molecule has 20 heteroatoms. The summed E-state index contributed by atoms with van der Waals surface area (Å²) < 4.78 is 82.7. The third kappa shape index (κ3) is 9.77. The Kier molecular flexibility index (Phi) is 13.6. The summed E-state index contributed by atoms with van der Waals surface area (Å²) in [4.78, 5) is 13.8. The van der Waals surface area contributed by atoms with Crippen molar-refractivity contribution in [3.05, 3.63) is 126 Å². The van der Waals surface area contributed by atoms with Crippen LogP contribution in [0.3, 0.4) is 0 Å². The molecule has 0 radical (unpaired) electrons. The molecule has 6 aromatic rings. The first kappa shape index (κ1) is 43.1. The lowest BCUT2D eigenvalue weighted by atomic mass is 10.1. The molecule has 4 heterocycles. The predicted molar refractivity (Wildman–Crippen MR) is 235 cm³/mol. The Morgan fingerprint density at radius 1 is 0.552 bits per heavy atom. The summed E-state index contributed by atoms with van der Waals surface area (Å²) in [6.07, 6.45) is 0. The van der Waals surface area contributed by atoms with Crippen molar-refractivity contribution in [2.24, 2.45) is 0 Å². The van der Waals surface area contributed by atoms with Gasteiger partial charge in [0.2, 0.25) is 20.0 Å². The van der Waals surface area contributed by atoms with E-state index in [1.54, 1.807) is 60.0 Å². The second kappa shape index (κ2) is 18.3. The van der Waals surface area contributed by atoms with Crippen LogP contribution in [0.4, 0.5) is 19.0 Å². The van der Waals surface area contributed by atoms with E-state index in [2.05, 4.69) is 41.7 Å². The monoisotopic (exact) mass is 1030 g/mol. The molecule has 0 amide bonds. The molecule has 0 unspecified atom stereocenters. The summed E-state index contributed by atoms with van der Waals surface area (Å²) in [5.74, 6) is -1.30. The summed E-state index contributed by atoms with van der Waals surface area (Å²) in [7, 11) is -7.12. The van der Waals surface area contributed by atoms with Crippen LogP contribution in [0.1, 0.15) is 0 Å². The molecular formula is C38H32Br2Cl2F2N6O4S4. The zero-order valence-electron chi connectivity index (χ0n) is 30.1. The summed E-state index contributed by atoms with van der Waals surface area (Å²) >= 11 is 21.7. The lowest BCUT2D eigenvalue weighted by Gasteiger charge is -2.33. The predicted octanol–water partition coefficient (Wildman–Crippen LogP) is 9.75. The van der Waals surface area contributed by atoms with Crippen molar-refractivity contribution in [1.29, 1.82) is 0 Å². The quantitative estimate of drug-likeness (QED) is 0.149. The van der Waals surface area contributed by atoms with E-state index in [1.807, 2.05) is 22.4 Å². The number of halogens is 6. The molecule has 2 aliphatic heterocycles. The molecule has 58 heavy (non-hydrogen) atoms. The van der Waals surface area contributed by atoms with Gasteiger partial charge in [-0.1, -0.05) is 47.5 Å². The summed E-state index contributed by atoms with van der Waals surface area (Å²) in [5.41, 5.74) is 2.53. The van der Waals surface area contributed by atoms with Gasteiger partial charge in [0.05, 0.1) is 21.2 Å². The van der Waals surface area contributed by atoms with E-state index in [1.165, 1.54) is 43.4 Å². The van der Waals surface area contributed by atoms with Gasteiger partial charge in [0, 0.05) is 99.3 Å². The summed E-state index contributed by atoms with van der Waals surface area (Å²) in [6, 6.07) is 22.3. The van der Waals surface area contributed by atoms with Gasteiger partial charge in [-0.3, -0.25) is 0 Å². The van der Waals surface area contributed by atoms with Crippen LogP contribution in [-0.2, 0) is 20.0 Å². The summed E-state index contributed by atoms with van der Waals surface area (Å²) in [6.45, 7) is 3.58. The smallest absolute Gasteiger partial charge is 0.244 e. The van der Waals surface area contributed by atoms with Crippen molar-refractivity contribution in [1.82, 2.24) is 18.6 Å². The standard InChI is InChI=1S/C19H16BrCl2N3O2S2.C19H16BrF2N3O2S2/c2*20-16-3-1-2-4-18(16)29(26,27)25-7-5-24(6-8-25)19-23-17(12-28-19)13-9-14(21)11-15(22)10-13/h2*1-4,9-12H,5-8H2. The number of hydrogen-bond donors (Lipinski definition) is 0. The van der Waals surface area contributed by atoms with Gasteiger partial charge in [-0.2, -0.15) is 8.61 Å². The zero-order chi connectivity index (χ0) is 41.2. The molecule has 10 nitrogen and oxygen atoms in total. The zero-order valence-corrected chi connectivity index (χ0v) is 38.1. The van der Waals surface area contributed by atoms with Gasteiger partial charge in [0.15, 0.2) is 10.3 Å². The minimum Gasteiger partial charge on any atom is -0.345 e. The van der Waals surface area contributed by atoms with E-state index < -0.39 is 31.7 Å². The average molecular weight is 1030 g/mol. The first-order valence-corrected chi connectivity index (χ1v) is 24.5. The number of sulfonamides is 2. The highest BCUT2D eigenvalue weighted by molar-refractivity contribution is 9.10. The molecular weight excluding hydrogens is 1000 g/mol. The molecule has 2 aromatic heterocycles. The van der Waals surface area contributed by atoms with E-state index in [4.69, 9.17) is 28.2 Å². The first-order valence-electron chi connectivity index (χ1n) is 17.5. The fourth-order valence-electron chi connectivity index (χ4n) is 6.31. The van der Waals surface area contributed by atoms with Crippen molar-refractivity contribution in [2.45, 2.75) is 9.79 Å². The molecule has 0 bridgehead atoms. The van der Waals surface area contributed by atoms with E-state index in [0.29, 0.717) is 92.6 Å². The van der Waals surface area contributed by atoms with Crippen LogP contribution in [0.2, 0.25) is 10.0 Å². The van der Waals surface area contributed by atoms with Crippen LogP contribution in [0.15, 0.2) is 114 Å². The molecule has 2 saturated heterocycles. The van der Waals surface area contributed by atoms with E-state index in [0.717, 1.165) is 22.5 Å². The fraction of sp³-hybridized carbons (Fsp3) is 0.211. The molecule has 2 aliphatic rings. The number of nitrogens with zero attached hydrogens (tertiary/aromatic N) is 6. The number of hydrogen-bond acceptors (Lipinski definition) is 10. The molecule has 0 atom stereocenters. The highest BCUT2D eigenvalue weighted by Gasteiger charge is 2.32. The molecule has 0 aliphatic carbocycles. The van der Waals surface area contributed by atoms with Crippen LogP contribution in [-0.4, -0.2) is 87.8 Å². The Balaban J connectivity index is 0.000000177. The molecule has 0 spiro atoms. The molecule has 2 fully saturated rings. The van der Waals surface area contributed by atoms with Gasteiger partial charge in [0.1, 0.15) is 11.6 Å². The Labute approximate surface area is 370 Å². The molecule has 4 aromatic carbocycles. The largest absolute Gasteiger partial charge is 0.345 e. The minimum atomic E-state index is -3.59. The number of rotatable bonds is 8. The lowest BCUT2D eigenvalue weighted by molar-refractivity contribution is 0.384. The minimum absolute atomic E-state index is 0.248. The maximum Gasteiger partial charge on any atom is 0.244 e. The average Bonchev–Trinajstić information content (AvgIpc) is 3.90. The first-order chi connectivity index (χ1) is 27.7. The van der Waals surface area contributed by atoms with Gasteiger partial charge in [-0.25, -0.2) is 35.6 Å². The number of piperazine rings is 2. The van der Waals surface area contributed by atoms with Crippen molar-refractivity contribution >= 4 is 108 Å². The van der Waals surface area contributed by atoms with Crippen LogP contribution in [0.5, 0.6) is 0 Å². The number of thiazole rings is 2. The SMILES string of the molecule is O=S(=O)(c1ccccc1Br)N1CCN(c2nc(-c3cc(Cl)cc(Cl)c3)cs2)CC1.O=S(=O)(c1ccccc1Br)N1CCN(c2nc(-c3cc(F)cc(F)c3)cs2)CC1. The van der Waals surface area contributed by atoms with Gasteiger partial charge in [-0.15, -0.1) is 22.7 Å². The Hall–Kier alpha value is -3.04. The normalized spacial score (nSPS) is 15.6. The maximum absolute atomic E-state index is 13.5. The number of aromatic nitrogens is 2. The molecule has 0 N–H and O–H groups in total. The number of benzene rings is 4. The van der Waals surface area contributed by atoms with Gasteiger partial charge in [0.25, 0.3) is 0 Å². The fourth-order valence-corrected chi connectivity index (χ4v) is 13.4. The second-order valence-corrected chi connectivity index (χ2v) is 21.1. The van der Waals surface area contributed by atoms with Gasteiger partial charge < -0.3 is 9.80 Å². The molecule has 0 saturated carbocycles. The van der Waals surface area contributed by atoms with Crippen LogP contribution >= 0.6 is 77.7 Å². The van der Waals surface area contributed by atoms with Crippen LogP contribution < -0.4 is 9.80 Å². The summed E-state index contributed by atoms with van der Waals surface area (Å²) in [5, 5.41) is 6.38. The van der Waals surface area contributed by atoms with Crippen molar-refractivity contribution in [3.63, 3.8) is 0 Å².